The van der Waals surface area contributed by atoms with Gasteiger partial charge in [-0.15, -0.1) is 0 Å². The summed E-state index contributed by atoms with van der Waals surface area (Å²) in [5.41, 5.74) is 0.832. The van der Waals surface area contributed by atoms with E-state index in [0.29, 0.717) is 27.9 Å². The molecular formula is C11H11Cl3O2. The van der Waals surface area contributed by atoms with Crippen molar-refractivity contribution >= 4 is 40.8 Å². The number of unbranched alkanes of at least 4 members (excludes halogenated alkanes) is 1. The Morgan fingerprint density at radius 2 is 1.69 bits per heavy atom. The quantitative estimate of drug-likeness (QED) is 0.810. The average Bonchev–Trinajstić information content (AvgIpc) is 2.14. The van der Waals surface area contributed by atoms with Crippen molar-refractivity contribution in [2.75, 3.05) is 0 Å². The average molecular weight is 282 g/mol. The second-order valence-corrected chi connectivity index (χ2v) is 4.70. The highest BCUT2D eigenvalue weighted by atomic mass is 35.5. The van der Waals surface area contributed by atoms with Crippen LogP contribution in [0.4, 0.5) is 0 Å². The largest absolute Gasteiger partial charge is 0.481 e. The number of aliphatic carboxylic acids is 1. The van der Waals surface area contributed by atoms with Crippen LogP contribution in [0, 0.1) is 0 Å². The summed E-state index contributed by atoms with van der Waals surface area (Å²) in [7, 11) is 0. The van der Waals surface area contributed by atoms with Gasteiger partial charge in [-0.25, -0.2) is 0 Å². The van der Waals surface area contributed by atoms with E-state index in [1.54, 1.807) is 12.1 Å². The number of hydrogen-bond acceptors (Lipinski definition) is 1. The number of carbonyl (C=O) groups is 1. The highest BCUT2D eigenvalue weighted by Crippen LogP contribution is 2.30. The first-order valence-electron chi connectivity index (χ1n) is 4.86. The van der Waals surface area contributed by atoms with Crippen LogP contribution in [-0.2, 0) is 11.2 Å². The predicted octanol–water partition coefficient (Wildman–Crippen LogP) is 4.44. The van der Waals surface area contributed by atoms with Crippen LogP contribution in [0.1, 0.15) is 24.8 Å². The van der Waals surface area contributed by atoms with Crippen molar-refractivity contribution in [3.05, 3.63) is 32.8 Å². The number of benzene rings is 1. The summed E-state index contributed by atoms with van der Waals surface area (Å²) in [6, 6.07) is 3.28. The number of halogens is 3. The Bertz CT molecular complexity index is 368. The molecule has 1 aromatic carbocycles. The maximum absolute atomic E-state index is 10.3. The highest BCUT2D eigenvalue weighted by Gasteiger charge is 2.07. The van der Waals surface area contributed by atoms with E-state index >= 15 is 0 Å². The lowest BCUT2D eigenvalue weighted by atomic mass is 10.1. The summed E-state index contributed by atoms with van der Waals surface area (Å²) >= 11 is 17.8. The summed E-state index contributed by atoms with van der Waals surface area (Å²) in [6.45, 7) is 0. The molecule has 0 saturated heterocycles. The predicted molar refractivity (Wildman–Crippen MR) is 66.7 cm³/mol. The zero-order chi connectivity index (χ0) is 12.1. The first-order chi connectivity index (χ1) is 7.50. The van der Waals surface area contributed by atoms with Crippen molar-refractivity contribution in [1.82, 2.24) is 0 Å². The Labute approximate surface area is 109 Å². The van der Waals surface area contributed by atoms with Crippen LogP contribution in [0.15, 0.2) is 12.1 Å². The summed E-state index contributed by atoms with van der Waals surface area (Å²) < 4.78 is 0. The van der Waals surface area contributed by atoms with Crippen molar-refractivity contribution in [1.29, 1.82) is 0 Å². The molecule has 0 bridgehead atoms. The van der Waals surface area contributed by atoms with Gasteiger partial charge in [-0.1, -0.05) is 34.8 Å². The molecule has 0 aromatic heterocycles. The summed E-state index contributed by atoms with van der Waals surface area (Å²) in [5, 5.41) is 10.1. The van der Waals surface area contributed by atoms with Crippen molar-refractivity contribution < 1.29 is 9.90 Å². The molecule has 0 unspecified atom stereocenters. The molecule has 0 radical (unpaired) electrons. The fourth-order valence-electron chi connectivity index (χ4n) is 1.39. The molecule has 2 nitrogen and oxygen atoms in total. The fourth-order valence-corrected chi connectivity index (χ4v) is 2.39. The number of hydrogen-bond donors (Lipinski definition) is 1. The minimum Gasteiger partial charge on any atom is -0.481 e. The first kappa shape index (κ1) is 13.6. The van der Waals surface area contributed by atoms with Crippen LogP contribution < -0.4 is 0 Å². The van der Waals surface area contributed by atoms with Crippen LogP contribution in [0.25, 0.3) is 0 Å². The number of carboxylic acids is 1. The van der Waals surface area contributed by atoms with Gasteiger partial charge in [0.2, 0.25) is 0 Å². The third-order valence-corrected chi connectivity index (χ3v) is 3.07. The van der Waals surface area contributed by atoms with Gasteiger partial charge in [-0.2, -0.15) is 0 Å². The number of rotatable bonds is 5. The number of carboxylic acid groups (broad SMARTS) is 1. The highest BCUT2D eigenvalue weighted by molar-refractivity contribution is 6.39. The maximum Gasteiger partial charge on any atom is 0.303 e. The molecule has 0 aliphatic heterocycles. The van der Waals surface area contributed by atoms with E-state index in [9.17, 15) is 4.79 Å². The lowest BCUT2D eigenvalue weighted by Gasteiger charge is -2.07. The molecule has 1 rings (SSSR count). The van der Waals surface area contributed by atoms with Gasteiger partial charge < -0.3 is 5.11 Å². The van der Waals surface area contributed by atoms with Crippen LogP contribution in [0.3, 0.4) is 0 Å². The first-order valence-corrected chi connectivity index (χ1v) is 5.99. The monoisotopic (exact) mass is 280 g/mol. The molecule has 0 atom stereocenters. The Morgan fingerprint density at radius 1 is 1.12 bits per heavy atom. The lowest BCUT2D eigenvalue weighted by molar-refractivity contribution is -0.137. The molecule has 1 aromatic rings. The van der Waals surface area contributed by atoms with Gasteiger partial charge >= 0.3 is 5.97 Å². The van der Waals surface area contributed by atoms with E-state index < -0.39 is 5.97 Å². The van der Waals surface area contributed by atoms with Gasteiger partial charge in [0.25, 0.3) is 0 Å². The molecule has 0 aliphatic carbocycles. The Hall–Kier alpha value is -0.440. The minimum atomic E-state index is -0.784. The van der Waals surface area contributed by atoms with Gasteiger partial charge in [0, 0.05) is 21.5 Å². The molecule has 0 amide bonds. The van der Waals surface area contributed by atoms with Crippen LogP contribution in [-0.4, -0.2) is 11.1 Å². The standard InChI is InChI=1S/C11H11Cl3O2/c12-7-5-9(13)8(10(14)6-7)3-1-2-4-11(15)16/h5-6H,1-4H2,(H,15,16). The zero-order valence-corrected chi connectivity index (χ0v) is 10.7. The second kappa shape index (κ2) is 6.33. The fraction of sp³-hybridized carbons (Fsp3) is 0.364. The van der Waals surface area contributed by atoms with Crippen LogP contribution in [0.5, 0.6) is 0 Å². The Kier molecular flexibility index (Phi) is 5.39. The molecule has 16 heavy (non-hydrogen) atoms. The molecular weight excluding hydrogens is 270 g/mol. The topological polar surface area (TPSA) is 37.3 Å². The molecule has 5 heteroatoms. The molecule has 0 fully saturated rings. The van der Waals surface area contributed by atoms with Gasteiger partial charge in [0.1, 0.15) is 0 Å². The van der Waals surface area contributed by atoms with Crippen molar-refractivity contribution in [3.63, 3.8) is 0 Å². The van der Waals surface area contributed by atoms with Gasteiger partial charge in [0.05, 0.1) is 0 Å². The van der Waals surface area contributed by atoms with Gasteiger partial charge in [-0.3, -0.25) is 4.79 Å². The Balaban J connectivity index is 2.57. The minimum absolute atomic E-state index is 0.169. The molecule has 88 valence electrons. The Morgan fingerprint density at radius 3 is 2.19 bits per heavy atom. The molecule has 1 N–H and O–H groups in total. The van der Waals surface area contributed by atoms with E-state index in [0.717, 1.165) is 12.0 Å². The van der Waals surface area contributed by atoms with Crippen LogP contribution >= 0.6 is 34.8 Å². The molecule has 0 saturated carbocycles. The van der Waals surface area contributed by atoms with E-state index in [1.165, 1.54) is 0 Å². The van der Waals surface area contributed by atoms with Gasteiger partial charge in [-0.05, 0) is 37.0 Å². The smallest absolute Gasteiger partial charge is 0.303 e. The summed E-state index contributed by atoms with van der Waals surface area (Å²) in [5.74, 6) is -0.784. The SMILES string of the molecule is O=C(O)CCCCc1c(Cl)cc(Cl)cc1Cl. The normalized spacial score (nSPS) is 10.4. The van der Waals surface area contributed by atoms with Gasteiger partial charge in [0.15, 0.2) is 0 Å². The van der Waals surface area contributed by atoms with E-state index in [1.807, 2.05) is 0 Å². The second-order valence-electron chi connectivity index (χ2n) is 3.45. The third-order valence-electron chi connectivity index (χ3n) is 2.17. The molecule has 0 heterocycles. The third kappa shape index (κ3) is 4.20. The van der Waals surface area contributed by atoms with Crippen molar-refractivity contribution in [3.8, 4) is 0 Å². The summed E-state index contributed by atoms with van der Waals surface area (Å²) in [4.78, 5) is 10.3. The zero-order valence-electron chi connectivity index (χ0n) is 8.47. The molecule has 0 aliphatic rings. The van der Waals surface area contributed by atoms with E-state index in [2.05, 4.69) is 0 Å². The molecule has 0 spiro atoms. The van der Waals surface area contributed by atoms with E-state index in [-0.39, 0.29) is 6.42 Å². The lowest BCUT2D eigenvalue weighted by Crippen LogP contribution is -1.95. The maximum atomic E-state index is 10.3. The van der Waals surface area contributed by atoms with Crippen molar-refractivity contribution in [2.24, 2.45) is 0 Å². The summed E-state index contributed by atoms with van der Waals surface area (Å²) in [6.07, 6.45) is 2.20. The van der Waals surface area contributed by atoms with E-state index in [4.69, 9.17) is 39.9 Å². The van der Waals surface area contributed by atoms with Crippen LogP contribution in [0.2, 0.25) is 15.1 Å². The van der Waals surface area contributed by atoms with Crippen molar-refractivity contribution in [2.45, 2.75) is 25.7 Å².